The van der Waals surface area contributed by atoms with Gasteiger partial charge < -0.3 is 14.6 Å². The maximum absolute atomic E-state index is 12.9. The van der Waals surface area contributed by atoms with Crippen molar-refractivity contribution in [2.45, 2.75) is 26.2 Å². The highest BCUT2D eigenvalue weighted by atomic mass is 16.3. The van der Waals surface area contributed by atoms with Crippen molar-refractivity contribution >= 4 is 17.5 Å². The van der Waals surface area contributed by atoms with E-state index >= 15 is 0 Å². The van der Waals surface area contributed by atoms with Crippen LogP contribution in [0.4, 0.5) is 5.69 Å². The Morgan fingerprint density at radius 1 is 1.07 bits per heavy atom. The fourth-order valence-electron chi connectivity index (χ4n) is 3.59. The number of likely N-dealkylation sites (tertiary alicyclic amines) is 1. The second kappa shape index (κ2) is 8.31. The molecule has 3 aromatic rings. The number of benzene rings is 2. The first-order valence-electron chi connectivity index (χ1n) is 9.80. The number of aryl methyl sites for hydroxylation is 1. The first-order chi connectivity index (χ1) is 14.1. The van der Waals surface area contributed by atoms with E-state index in [4.69, 9.17) is 4.42 Å². The molecule has 0 aliphatic carbocycles. The van der Waals surface area contributed by atoms with E-state index in [2.05, 4.69) is 10.3 Å². The molecule has 2 heterocycles. The standard InChI is InChI=1S/C23H23N3O3/c1-16-8-7-11-19(21(16)23(28)26-12-5-6-13-26)25-20(27)14-18-15-29-22(24-18)17-9-3-2-4-10-17/h2-4,7-11,15H,5-6,12-14H2,1H3,(H,25,27). The van der Waals surface area contributed by atoms with Gasteiger partial charge >= 0.3 is 0 Å². The average Bonchev–Trinajstić information content (AvgIpc) is 3.41. The third-order valence-electron chi connectivity index (χ3n) is 5.07. The minimum absolute atomic E-state index is 0.0244. The van der Waals surface area contributed by atoms with Crippen molar-refractivity contribution in [3.8, 4) is 11.5 Å². The van der Waals surface area contributed by atoms with E-state index in [0.29, 0.717) is 22.8 Å². The predicted octanol–water partition coefficient (Wildman–Crippen LogP) is 4.07. The molecule has 1 saturated heterocycles. The molecule has 1 fully saturated rings. The summed E-state index contributed by atoms with van der Waals surface area (Å²) in [4.78, 5) is 31.8. The first-order valence-corrected chi connectivity index (χ1v) is 9.80. The van der Waals surface area contributed by atoms with E-state index in [0.717, 1.165) is 37.1 Å². The van der Waals surface area contributed by atoms with Crippen LogP contribution in [0.5, 0.6) is 0 Å². The Bertz CT molecular complexity index is 1020. The average molecular weight is 389 g/mol. The maximum Gasteiger partial charge on any atom is 0.256 e. The first kappa shape index (κ1) is 18.9. The van der Waals surface area contributed by atoms with Gasteiger partial charge in [0.25, 0.3) is 5.91 Å². The van der Waals surface area contributed by atoms with Gasteiger partial charge in [-0.3, -0.25) is 9.59 Å². The molecule has 0 bridgehead atoms. The summed E-state index contributed by atoms with van der Waals surface area (Å²) < 4.78 is 5.50. The number of oxazole rings is 1. The van der Waals surface area contributed by atoms with Crippen molar-refractivity contribution in [1.29, 1.82) is 0 Å². The Morgan fingerprint density at radius 3 is 2.59 bits per heavy atom. The van der Waals surface area contributed by atoms with Crippen LogP contribution in [-0.4, -0.2) is 34.8 Å². The number of hydrogen-bond acceptors (Lipinski definition) is 4. The van der Waals surface area contributed by atoms with E-state index < -0.39 is 0 Å². The van der Waals surface area contributed by atoms with E-state index in [1.807, 2.05) is 54.3 Å². The molecule has 6 heteroatoms. The van der Waals surface area contributed by atoms with Crippen molar-refractivity contribution in [2.75, 3.05) is 18.4 Å². The van der Waals surface area contributed by atoms with Gasteiger partial charge in [0.15, 0.2) is 0 Å². The summed E-state index contributed by atoms with van der Waals surface area (Å²) in [6.07, 6.45) is 3.61. The van der Waals surface area contributed by atoms with Crippen LogP contribution < -0.4 is 5.32 Å². The number of anilines is 1. The summed E-state index contributed by atoms with van der Waals surface area (Å²) in [7, 11) is 0. The van der Waals surface area contributed by atoms with Crippen LogP contribution in [0.15, 0.2) is 59.2 Å². The predicted molar refractivity (Wildman–Crippen MR) is 111 cm³/mol. The van der Waals surface area contributed by atoms with Crippen molar-refractivity contribution in [1.82, 2.24) is 9.88 Å². The molecule has 0 unspecified atom stereocenters. The van der Waals surface area contributed by atoms with E-state index in [9.17, 15) is 9.59 Å². The minimum atomic E-state index is -0.237. The van der Waals surface area contributed by atoms with Crippen molar-refractivity contribution in [3.05, 3.63) is 71.6 Å². The second-order valence-corrected chi connectivity index (χ2v) is 7.23. The zero-order valence-electron chi connectivity index (χ0n) is 16.4. The molecule has 6 nitrogen and oxygen atoms in total. The summed E-state index contributed by atoms with van der Waals surface area (Å²) in [6, 6.07) is 15.0. The molecule has 148 valence electrons. The van der Waals surface area contributed by atoms with Gasteiger partial charge in [0.2, 0.25) is 11.8 Å². The van der Waals surface area contributed by atoms with Gasteiger partial charge in [0, 0.05) is 18.7 Å². The number of nitrogens with zero attached hydrogens (tertiary/aromatic N) is 2. The Kier molecular flexibility index (Phi) is 5.42. The monoisotopic (exact) mass is 389 g/mol. The van der Waals surface area contributed by atoms with Gasteiger partial charge in [-0.05, 0) is 43.5 Å². The SMILES string of the molecule is Cc1cccc(NC(=O)Cc2coc(-c3ccccc3)n2)c1C(=O)N1CCCC1. The number of nitrogens with one attached hydrogen (secondary N) is 1. The lowest BCUT2D eigenvalue weighted by molar-refractivity contribution is -0.115. The van der Waals surface area contributed by atoms with Gasteiger partial charge in [-0.2, -0.15) is 0 Å². The molecule has 4 rings (SSSR count). The normalized spacial score (nSPS) is 13.5. The van der Waals surface area contributed by atoms with E-state index in [1.165, 1.54) is 6.26 Å². The smallest absolute Gasteiger partial charge is 0.256 e. The maximum atomic E-state index is 12.9. The zero-order valence-corrected chi connectivity index (χ0v) is 16.4. The number of carbonyl (C=O) groups is 2. The molecular weight excluding hydrogens is 366 g/mol. The quantitative estimate of drug-likeness (QED) is 0.714. The Hall–Kier alpha value is -3.41. The van der Waals surface area contributed by atoms with Crippen LogP contribution in [0, 0.1) is 6.92 Å². The molecule has 2 aromatic carbocycles. The third kappa shape index (κ3) is 4.21. The lowest BCUT2D eigenvalue weighted by Gasteiger charge is -2.19. The number of amides is 2. The van der Waals surface area contributed by atoms with Crippen LogP contribution >= 0.6 is 0 Å². The highest BCUT2D eigenvalue weighted by molar-refractivity contribution is 6.05. The topological polar surface area (TPSA) is 75.4 Å². The lowest BCUT2D eigenvalue weighted by Crippen LogP contribution is -2.29. The second-order valence-electron chi connectivity index (χ2n) is 7.23. The van der Waals surface area contributed by atoms with Gasteiger partial charge in [0.1, 0.15) is 6.26 Å². The van der Waals surface area contributed by atoms with Crippen molar-refractivity contribution in [3.63, 3.8) is 0 Å². The number of aromatic nitrogens is 1. The Labute approximate surface area is 169 Å². The molecule has 0 atom stereocenters. The van der Waals surface area contributed by atoms with E-state index in [-0.39, 0.29) is 18.2 Å². The summed E-state index contributed by atoms with van der Waals surface area (Å²) >= 11 is 0. The van der Waals surface area contributed by atoms with Gasteiger partial charge in [0.05, 0.1) is 23.4 Å². The van der Waals surface area contributed by atoms with Gasteiger partial charge in [-0.25, -0.2) is 4.98 Å². The summed E-state index contributed by atoms with van der Waals surface area (Å²) in [5.74, 6) is 0.219. The van der Waals surface area contributed by atoms with Gasteiger partial charge in [-0.1, -0.05) is 30.3 Å². The van der Waals surface area contributed by atoms with Crippen molar-refractivity contribution in [2.24, 2.45) is 0 Å². The molecular formula is C23H23N3O3. The third-order valence-corrected chi connectivity index (χ3v) is 5.07. The molecule has 0 radical (unpaired) electrons. The Morgan fingerprint density at radius 2 is 1.83 bits per heavy atom. The summed E-state index contributed by atoms with van der Waals surface area (Å²) in [5.41, 5.74) is 3.36. The van der Waals surface area contributed by atoms with Crippen LogP contribution in [0.2, 0.25) is 0 Å². The van der Waals surface area contributed by atoms with Crippen LogP contribution in [0.25, 0.3) is 11.5 Å². The van der Waals surface area contributed by atoms with Crippen molar-refractivity contribution < 1.29 is 14.0 Å². The highest BCUT2D eigenvalue weighted by Crippen LogP contribution is 2.24. The number of hydrogen-bond donors (Lipinski definition) is 1. The Balaban J connectivity index is 1.48. The zero-order chi connectivity index (χ0) is 20.2. The fraction of sp³-hybridized carbons (Fsp3) is 0.261. The molecule has 2 amide bonds. The van der Waals surface area contributed by atoms with Crippen LogP contribution in [0.3, 0.4) is 0 Å². The van der Waals surface area contributed by atoms with Gasteiger partial charge in [-0.15, -0.1) is 0 Å². The van der Waals surface area contributed by atoms with Crippen LogP contribution in [0.1, 0.15) is 34.5 Å². The molecule has 1 aromatic heterocycles. The van der Waals surface area contributed by atoms with Crippen LogP contribution in [-0.2, 0) is 11.2 Å². The molecule has 1 aliphatic rings. The number of carbonyl (C=O) groups excluding carboxylic acids is 2. The minimum Gasteiger partial charge on any atom is -0.444 e. The number of rotatable bonds is 5. The molecule has 29 heavy (non-hydrogen) atoms. The molecule has 1 N–H and O–H groups in total. The largest absolute Gasteiger partial charge is 0.444 e. The lowest BCUT2D eigenvalue weighted by atomic mass is 10.0. The molecule has 1 aliphatic heterocycles. The molecule has 0 spiro atoms. The van der Waals surface area contributed by atoms with E-state index in [1.54, 1.807) is 6.07 Å². The fourth-order valence-corrected chi connectivity index (χ4v) is 3.59. The summed E-state index contributed by atoms with van der Waals surface area (Å²) in [5, 5.41) is 2.89. The molecule has 0 saturated carbocycles. The summed E-state index contributed by atoms with van der Waals surface area (Å²) in [6.45, 7) is 3.42. The highest BCUT2D eigenvalue weighted by Gasteiger charge is 2.24.